The van der Waals surface area contributed by atoms with Gasteiger partial charge in [-0.1, -0.05) is 66.0 Å². The van der Waals surface area contributed by atoms with Crippen molar-refractivity contribution >= 4 is 17.9 Å². The van der Waals surface area contributed by atoms with Crippen molar-refractivity contribution in [1.29, 1.82) is 0 Å². The van der Waals surface area contributed by atoms with Gasteiger partial charge in [0.1, 0.15) is 23.4 Å². The standard InChI is InChI=1S/C31H53N3O5/c1-10-12-13-19-32-28(36)27(24-15-14-16-25(35)20-24)34(23(6)18-17-21(3)4)29(37)26(22(5)11-2)33-30(38)39-31(7,8)9/h14-16,20-23,26-27,35H,10-13,17-19H2,1-9H3,(H,32,36)(H,33,38). The summed E-state index contributed by atoms with van der Waals surface area (Å²) in [5.74, 6) is -0.423. The van der Waals surface area contributed by atoms with E-state index in [0.29, 0.717) is 30.9 Å². The maximum absolute atomic E-state index is 14.4. The second-order valence-corrected chi connectivity index (χ2v) is 12.1. The quantitative estimate of drug-likeness (QED) is 0.222. The third-order valence-corrected chi connectivity index (χ3v) is 6.83. The van der Waals surface area contributed by atoms with Crippen molar-refractivity contribution < 1.29 is 24.2 Å². The number of carbonyl (C=O) groups excluding carboxylic acids is 3. The molecule has 0 saturated carbocycles. The number of alkyl carbamates (subject to hydrolysis) is 1. The number of hydrogen-bond donors (Lipinski definition) is 3. The number of rotatable bonds is 15. The zero-order valence-corrected chi connectivity index (χ0v) is 25.7. The molecule has 0 saturated heterocycles. The Balaban J connectivity index is 3.59. The summed E-state index contributed by atoms with van der Waals surface area (Å²) in [4.78, 5) is 42.6. The molecule has 1 rings (SSSR count). The van der Waals surface area contributed by atoms with Gasteiger partial charge < -0.3 is 25.4 Å². The van der Waals surface area contributed by atoms with Gasteiger partial charge in [-0.05, 0) is 76.5 Å². The minimum atomic E-state index is -0.972. The van der Waals surface area contributed by atoms with Crippen molar-refractivity contribution in [3.05, 3.63) is 29.8 Å². The molecule has 3 amide bonds. The van der Waals surface area contributed by atoms with Gasteiger partial charge in [-0.25, -0.2) is 4.79 Å². The van der Waals surface area contributed by atoms with Crippen LogP contribution in [0.15, 0.2) is 24.3 Å². The Kier molecular flexibility index (Phi) is 14.4. The zero-order valence-electron chi connectivity index (χ0n) is 25.7. The van der Waals surface area contributed by atoms with Crippen LogP contribution in [-0.2, 0) is 14.3 Å². The Hall–Kier alpha value is -2.77. The molecule has 0 heterocycles. The fourth-order valence-electron chi connectivity index (χ4n) is 4.41. The maximum Gasteiger partial charge on any atom is 0.408 e. The lowest BCUT2D eigenvalue weighted by Gasteiger charge is -2.40. The van der Waals surface area contributed by atoms with E-state index in [2.05, 4.69) is 31.4 Å². The number of hydrogen-bond acceptors (Lipinski definition) is 5. The smallest absolute Gasteiger partial charge is 0.408 e. The molecule has 39 heavy (non-hydrogen) atoms. The van der Waals surface area contributed by atoms with Crippen LogP contribution in [0.2, 0.25) is 0 Å². The molecule has 0 aliphatic carbocycles. The molecular weight excluding hydrogens is 494 g/mol. The second-order valence-electron chi connectivity index (χ2n) is 12.1. The predicted octanol–water partition coefficient (Wildman–Crippen LogP) is 6.33. The number of carbonyl (C=O) groups is 3. The minimum Gasteiger partial charge on any atom is -0.508 e. The number of benzene rings is 1. The molecule has 0 radical (unpaired) electrons. The Morgan fingerprint density at radius 3 is 2.23 bits per heavy atom. The van der Waals surface area contributed by atoms with Crippen LogP contribution < -0.4 is 10.6 Å². The molecule has 4 unspecified atom stereocenters. The molecule has 8 nitrogen and oxygen atoms in total. The normalized spacial score (nSPS) is 14.7. The van der Waals surface area contributed by atoms with Crippen LogP contribution in [0, 0.1) is 11.8 Å². The summed E-state index contributed by atoms with van der Waals surface area (Å²) in [5.41, 5.74) is -0.201. The number of nitrogens with one attached hydrogen (secondary N) is 2. The molecule has 0 spiro atoms. The van der Waals surface area contributed by atoms with E-state index in [1.165, 1.54) is 6.07 Å². The van der Waals surface area contributed by atoms with E-state index in [0.717, 1.165) is 25.7 Å². The second kappa shape index (κ2) is 16.4. The fraction of sp³-hybridized carbons (Fsp3) is 0.710. The summed E-state index contributed by atoms with van der Waals surface area (Å²) in [6.45, 7) is 18.0. The first-order valence-corrected chi connectivity index (χ1v) is 14.6. The van der Waals surface area contributed by atoms with Gasteiger partial charge >= 0.3 is 6.09 Å². The van der Waals surface area contributed by atoms with Crippen LogP contribution in [0.4, 0.5) is 4.79 Å². The molecule has 222 valence electrons. The van der Waals surface area contributed by atoms with Crippen molar-refractivity contribution in [3.8, 4) is 5.75 Å². The van der Waals surface area contributed by atoms with Crippen LogP contribution in [0.25, 0.3) is 0 Å². The van der Waals surface area contributed by atoms with Crippen LogP contribution >= 0.6 is 0 Å². The van der Waals surface area contributed by atoms with E-state index in [1.54, 1.807) is 43.9 Å². The third-order valence-electron chi connectivity index (χ3n) is 6.83. The Morgan fingerprint density at radius 1 is 1.03 bits per heavy atom. The summed E-state index contributed by atoms with van der Waals surface area (Å²) in [7, 11) is 0. The molecule has 0 bridgehead atoms. The van der Waals surface area contributed by atoms with Crippen molar-refractivity contribution in [2.45, 2.75) is 125 Å². The highest BCUT2D eigenvalue weighted by Gasteiger charge is 2.40. The number of nitrogens with zero attached hydrogens (tertiary/aromatic N) is 1. The molecule has 1 aromatic rings. The van der Waals surface area contributed by atoms with Gasteiger partial charge in [0.2, 0.25) is 11.8 Å². The van der Waals surface area contributed by atoms with Gasteiger partial charge in [0, 0.05) is 12.6 Å². The van der Waals surface area contributed by atoms with Gasteiger partial charge in [-0.2, -0.15) is 0 Å². The van der Waals surface area contributed by atoms with Crippen LogP contribution in [0.5, 0.6) is 5.75 Å². The van der Waals surface area contributed by atoms with Crippen molar-refractivity contribution in [2.24, 2.45) is 11.8 Å². The minimum absolute atomic E-state index is 0.0175. The molecule has 0 fully saturated rings. The third kappa shape index (κ3) is 11.9. The maximum atomic E-state index is 14.4. The summed E-state index contributed by atoms with van der Waals surface area (Å²) in [6.07, 6.45) is 4.36. The largest absolute Gasteiger partial charge is 0.508 e. The van der Waals surface area contributed by atoms with E-state index >= 15 is 0 Å². The molecule has 1 aromatic carbocycles. The number of phenols is 1. The lowest BCUT2D eigenvalue weighted by molar-refractivity contribution is -0.146. The first kappa shape index (κ1) is 34.3. The van der Waals surface area contributed by atoms with E-state index in [1.807, 2.05) is 20.8 Å². The molecule has 0 aliphatic rings. The number of amides is 3. The van der Waals surface area contributed by atoms with Crippen molar-refractivity contribution in [3.63, 3.8) is 0 Å². The molecule has 0 aromatic heterocycles. The highest BCUT2D eigenvalue weighted by Crippen LogP contribution is 2.30. The van der Waals surface area contributed by atoms with Gasteiger partial charge in [0.05, 0.1) is 0 Å². The Bertz CT molecular complexity index is 912. The summed E-state index contributed by atoms with van der Waals surface area (Å²) < 4.78 is 5.48. The number of phenolic OH excluding ortho intramolecular Hbond substituents is 1. The van der Waals surface area contributed by atoms with E-state index in [9.17, 15) is 19.5 Å². The van der Waals surface area contributed by atoms with E-state index < -0.39 is 23.8 Å². The SMILES string of the molecule is CCCCCNC(=O)C(c1cccc(O)c1)N(C(=O)C(NC(=O)OC(C)(C)C)C(C)CC)C(C)CCC(C)C. The Morgan fingerprint density at radius 2 is 1.69 bits per heavy atom. The van der Waals surface area contributed by atoms with Gasteiger partial charge in [-0.3, -0.25) is 9.59 Å². The van der Waals surface area contributed by atoms with Crippen LogP contribution in [0.3, 0.4) is 0 Å². The average Bonchev–Trinajstić information content (AvgIpc) is 2.84. The number of unbranched alkanes of at least 4 members (excludes halogenated alkanes) is 2. The van der Waals surface area contributed by atoms with Gasteiger partial charge in [0.15, 0.2) is 0 Å². The Labute approximate surface area is 236 Å². The highest BCUT2D eigenvalue weighted by atomic mass is 16.6. The van der Waals surface area contributed by atoms with Gasteiger partial charge in [-0.15, -0.1) is 0 Å². The van der Waals surface area contributed by atoms with Crippen LogP contribution in [-0.4, -0.2) is 52.1 Å². The molecule has 8 heteroatoms. The van der Waals surface area contributed by atoms with Crippen LogP contribution in [0.1, 0.15) is 112 Å². The summed E-state index contributed by atoms with van der Waals surface area (Å²) in [6, 6.07) is 4.34. The monoisotopic (exact) mass is 547 g/mol. The topological polar surface area (TPSA) is 108 Å². The molecule has 3 N–H and O–H groups in total. The summed E-state index contributed by atoms with van der Waals surface area (Å²) >= 11 is 0. The first-order valence-electron chi connectivity index (χ1n) is 14.6. The van der Waals surface area contributed by atoms with E-state index in [4.69, 9.17) is 4.74 Å². The fourth-order valence-corrected chi connectivity index (χ4v) is 4.41. The first-order chi connectivity index (χ1) is 18.2. The molecule has 4 atom stereocenters. The lowest BCUT2D eigenvalue weighted by Crippen LogP contribution is -2.57. The predicted molar refractivity (Wildman–Crippen MR) is 156 cm³/mol. The average molecular weight is 548 g/mol. The number of aromatic hydroxyl groups is 1. The van der Waals surface area contributed by atoms with Gasteiger partial charge in [0.25, 0.3) is 0 Å². The van der Waals surface area contributed by atoms with E-state index in [-0.39, 0.29) is 29.5 Å². The summed E-state index contributed by atoms with van der Waals surface area (Å²) in [5, 5.41) is 16.1. The lowest BCUT2D eigenvalue weighted by atomic mass is 9.93. The number of ether oxygens (including phenoxy) is 1. The van der Waals surface area contributed by atoms with Crippen molar-refractivity contribution in [2.75, 3.05) is 6.54 Å². The molecular formula is C31H53N3O5. The zero-order chi connectivity index (χ0) is 29.8. The van der Waals surface area contributed by atoms with Crippen molar-refractivity contribution in [1.82, 2.24) is 15.5 Å². The highest BCUT2D eigenvalue weighted by molar-refractivity contribution is 5.92. The molecule has 0 aliphatic heterocycles.